The van der Waals surface area contributed by atoms with Gasteiger partial charge in [0.2, 0.25) is 5.91 Å². The Bertz CT molecular complexity index is 1200. The number of carbonyl (C=O) groups excluding carboxylic acids is 1. The van der Waals surface area contributed by atoms with Gasteiger partial charge in [0.1, 0.15) is 16.1 Å². The molecule has 168 valence electrons. The lowest BCUT2D eigenvalue weighted by atomic mass is 10.1. The molecular formula is C22H21BrFN3O3S2. The van der Waals surface area contributed by atoms with Crippen LogP contribution >= 0.6 is 27.3 Å². The van der Waals surface area contributed by atoms with Crippen molar-refractivity contribution in [2.75, 3.05) is 31.1 Å². The maximum Gasteiger partial charge on any atom is 0.251 e. The molecule has 0 unspecified atom stereocenters. The Hall–Kier alpha value is -2.27. The standard InChI is InChI=1S/C22H21BrFN3O3S2/c23-19-10-11-20(31-19)32(29,30)25-21(16-6-2-1-3-7-16)22(28)27-14-12-26(13-15-27)18-9-5-4-8-17(18)24/h1-11,21,25H,12-15H2/t21-/m1/s1. The Kier molecular flexibility index (Phi) is 6.94. The van der Waals surface area contributed by atoms with E-state index in [1.807, 2.05) is 11.0 Å². The number of amides is 1. The van der Waals surface area contributed by atoms with Crippen LogP contribution in [0.1, 0.15) is 11.6 Å². The van der Waals surface area contributed by atoms with Gasteiger partial charge in [0.25, 0.3) is 10.0 Å². The number of halogens is 2. The summed E-state index contributed by atoms with van der Waals surface area (Å²) < 4.78 is 43.4. The first-order valence-electron chi connectivity index (χ1n) is 9.96. The number of carbonyl (C=O) groups is 1. The summed E-state index contributed by atoms with van der Waals surface area (Å²) in [6, 6.07) is 17.4. The summed E-state index contributed by atoms with van der Waals surface area (Å²) in [6.45, 7) is 1.64. The van der Waals surface area contributed by atoms with Gasteiger partial charge >= 0.3 is 0 Å². The van der Waals surface area contributed by atoms with Crippen molar-refractivity contribution in [3.8, 4) is 0 Å². The molecule has 6 nitrogen and oxygen atoms in total. The molecule has 10 heteroatoms. The summed E-state index contributed by atoms with van der Waals surface area (Å²) in [7, 11) is -3.90. The van der Waals surface area contributed by atoms with Crippen molar-refractivity contribution in [1.82, 2.24) is 9.62 Å². The van der Waals surface area contributed by atoms with Crippen molar-refractivity contribution in [3.05, 3.63) is 81.9 Å². The second-order valence-corrected chi connectivity index (χ2v) is 11.7. The maximum absolute atomic E-state index is 14.1. The summed E-state index contributed by atoms with van der Waals surface area (Å²) in [5, 5.41) is 0. The zero-order valence-electron chi connectivity index (χ0n) is 16.9. The molecule has 1 aliphatic heterocycles. The highest BCUT2D eigenvalue weighted by atomic mass is 79.9. The second-order valence-electron chi connectivity index (χ2n) is 7.29. The van der Waals surface area contributed by atoms with Gasteiger partial charge in [-0.25, -0.2) is 12.8 Å². The molecule has 1 amide bonds. The number of nitrogens with zero attached hydrogens (tertiary/aromatic N) is 2. The minimum atomic E-state index is -3.90. The number of para-hydroxylation sites is 1. The van der Waals surface area contributed by atoms with Crippen molar-refractivity contribution < 1.29 is 17.6 Å². The molecule has 2 aromatic carbocycles. The van der Waals surface area contributed by atoms with Gasteiger partial charge in [0.05, 0.1) is 9.47 Å². The number of anilines is 1. The molecule has 1 aromatic heterocycles. The molecule has 3 aromatic rings. The maximum atomic E-state index is 14.1. The van der Waals surface area contributed by atoms with Crippen LogP contribution in [0.15, 0.2) is 74.7 Å². The van der Waals surface area contributed by atoms with Crippen LogP contribution in [0, 0.1) is 5.82 Å². The van der Waals surface area contributed by atoms with E-state index >= 15 is 0 Å². The number of thiophene rings is 1. The van der Waals surface area contributed by atoms with Crippen molar-refractivity contribution in [3.63, 3.8) is 0 Å². The first kappa shape index (κ1) is 22.9. The summed E-state index contributed by atoms with van der Waals surface area (Å²) in [5.41, 5.74) is 1.07. The Morgan fingerprint density at radius 1 is 0.969 bits per heavy atom. The second kappa shape index (κ2) is 9.70. The molecule has 32 heavy (non-hydrogen) atoms. The molecule has 1 atom stereocenters. The molecule has 0 spiro atoms. The number of hydrogen-bond acceptors (Lipinski definition) is 5. The van der Waals surface area contributed by atoms with Crippen molar-refractivity contribution in [1.29, 1.82) is 0 Å². The molecule has 1 fully saturated rings. The largest absolute Gasteiger partial charge is 0.366 e. The van der Waals surface area contributed by atoms with Gasteiger partial charge in [-0.3, -0.25) is 4.79 Å². The van der Waals surface area contributed by atoms with E-state index in [0.29, 0.717) is 41.2 Å². The van der Waals surface area contributed by atoms with Crippen molar-refractivity contribution in [2.45, 2.75) is 10.3 Å². The minimum absolute atomic E-state index is 0.127. The molecule has 2 heterocycles. The molecule has 4 rings (SSSR count). The fourth-order valence-electron chi connectivity index (χ4n) is 3.62. The van der Waals surface area contributed by atoms with Crippen LogP contribution in [0.2, 0.25) is 0 Å². The van der Waals surface area contributed by atoms with Gasteiger partial charge in [-0.05, 0) is 45.8 Å². The highest BCUT2D eigenvalue weighted by Gasteiger charge is 2.33. The first-order valence-corrected chi connectivity index (χ1v) is 13.1. The van der Waals surface area contributed by atoms with Crippen LogP contribution < -0.4 is 9.62 Å². The Labute approximate surface area is 198 Å². The molecule has 1 aliphatic rings. The van der Waals surface area contributed by atoms with E-state index < -0.39 is 16.1 Å². The Morgan fingerprint density at radius 2 is 1.62 bits per heavy atom. The predicted molar refractivity (Wildman–Crippen MR) is 127 cm³/mol. The molecule has 1 N–H and O–H groups in total. The molecule has 0 aliphatic carbocycles. The molecule has 0 bridgehead atoms. The predicted octanol–water partition coefficient (Wildman–Crippen LogP) is 4.02. The third kappa shape index (κ3) is 5.03. The number of sulfonamides is 1. The van der Waals surface area contributed by atoms with E-state index in [1.54, 1.807) is 53.4 Å². The fraction of sp³-hybridized carbons (Fsp3) is 0.227. The average Bonchev–Trinajstić information content (AvgIpc) is 3.25. The summed E-state index contributed by atoms with van der Waals surface area (Å²) in [5.74, 6) is -0.632. The van der Waals surface area contributed by atoms with Gasteiger partial charge in [0.15, 0.2) is 0 Å². The highest BCUT2D eigenvalue weighted by Crippen LogP contribution is 2.28. The lowest BCUT2D eigenvalue weighted by Gasteiger charge is -2.37. The normalized spacial score (nSPS) is 15.6. The Morgan fingerprint density at radius 3 is 2.25 bits per heavy atom. The molecule has 0 saturated carbocycles. The van der Waals surface area contributed by atoms with E-state index in [0.717, 1.165) is 11.3 Å². The van der Waals surface area contributed by atoms with Crippen LogP contribution in [0.5, 0.6) is 0 Å². The smallest absolute Gasteiger partial charge is 0.251 e. The highest BCUT2D eigenvalue weighted by molar-refractivity contribution is 9.11. The molecule has 1 saturated heterocycles. The van der Waals surface area contributed by atoms with Gasteiger partial charge in [-0.15, -0.1) is 11.3 Å². The average molecular weight is 538 g/mol. The Balaban J connectivity index is 1.53. The number of hydrogen-bond donors (Lipinski definition) is 1. The van der Waals surface area contributed by atoms with E-state index in [9.17, 15) is 17.6 Å². The SMILES string of the molecule is O=C([C@H](NS(=O)(=O)c1ccc(Br)s1)c1ccccc1)N1CCN(c2ccccc2F)CC1. The van der Waals surface area contributed by atoms with Crippen LogP contribution in [-0.2, 0) is 14.8 Å². The number of rotatable bonds is 6. The van der Waals surface area contributed by atoms with E-state index in [2.05, 4.69) is 20.7 Å². The topological polar surface area (TPSA) is 69.7 Å². The van der Waals surface area contributed by atoms with E-state index in [-0.39, 0.29) is 15.9 Å². The lowest BCUT2D eigenvalue weighted by molar-refractivity contribution is -0.133. The zero-order valence-corrected chi connectivity index (χ0v) is 20.2. The van der Waals surface area contributed by atoms with Crippen molar-refractivity contribution in [2.24, 2.45) is 0 Å². The van der Waals surface area contributed by atoms with Crippen molar-refractivity contribution >= 4 is 48.9 Å². The summed E-state index contributed by atoms with van der Waals surface area (Å²) in [6.07, 6.45) is 0. The van der Waals surface area contributed by atoms with Gasteiger partial charge in [0, 0.05) is 26.2 Å². The van der Waals surface area contributed by atoms with Gasteiger partial charge < -0.3 is 9.80 Å². The number of piperazine rings is 1. The van der Waals surface area contributed by atoms with Gasteiger partial charge in [-0.1, -0.05) is 42.5 Å². The summed E-state index contributed by atoms with van der Waals surface area (Å²) >= 11 is 4.35. The lowest BCUT2D eigenvalue weighted by Crippen LogP contribution is -2.52. The number of nitrogens with one attached hydrogen (secondary N) is 1. The molecular weight excluding hydrogens is 517 g/mol. The summed E-state index contributed by atoms with van der Waals surface area (Å²) in [4.78, 5) is 16.9. The zero-order chi connectivity index (χ0) is 22.7. The van der Waals surface area contributed by atoms with E-state index in [1.165, 1.54) is 12.1 Å². The first-order chi connectivity index (χ1) is 15.3. The third-order valence-corrected chi connectivity index (χ3v) is 8.79. The van der Waals surface area contributed by atoms with Crippen LogP contribution in [-0.4, -0.2) is 45.4 Å². The fourth-order valence-corrected chi connectivity index (χ4v) is 6.82. The van der Waals surface area contributed by atoms with Crippen LogP contribution in [0.3, 0.4) is 0 Å². The van der Waals surface area contributed by atoms with Gasteiger partial charge in [-0.2, -0.15) is 4.72 Å². The number of benzene rings is 2. The monoisotopic (exact) mass is 537 g/mol. The molecule has 0 radical (unpaired) electrons. The quantitative estimate of drug-likeness (QED) is 0.515. The van der Waals surface area contributed by atoms with Crippen LogP contribution in [0.25, 0.3) is 0 Å². The third-order valence-electron chi connectivity index (χ3n) is 5.25. The van der Waals surface area contributed by atoms with E-state index in [4.69, 9.17) is 0 Å². The minimum Gasteiger partial charge on any atom is -0.366 e. The van der Waals surface area contributed by atoms with Crippen LogP contribution in [0.4, 0.5) is 10.1 Å².